The van der Waals surface area contributed by atoms with Crippen LogP contribution in [0.3, 0.4) is 0 Å². The lowest BCUT2D eigenvalue weighted by atomic mass is 10.1. The van der Waals surface area contributed by atoms with Crippen LogP contribution < -0.4 is 0 Å². The molecular formula is C7H3F5O2. The van der Waals surface area contributed by atoms with Crippen molar-refractivity contribution in [3.8, 4) is 0 Å². The molecular weight excluding hydrogens is 211 g/mol. The summed E-state index contributed by atoms with van der Waals surface area (Å²) in [6, 6.07) is 0. The van der Waals surface area contributed by atoms with Crippen molar-refractivity contribution >= 4 is 0 Å². The molecule has 0 unspecified atom stereocenters. The molecule has 1 aromatic carbocycles. The van der Waals surface area contributed by atoms with E-state index in [1.165, 1.54) is 0 Å². The molecule has 0 heterocycles. The van der Waals surface area contributed by atoms with Crippen molar-refractivity contribution in [2.75, 3.05) is 0 Å². The summed E-state index contributed by atoms with van der Waals surface area (Å²) in [6.45, 7) is 0. The number of aliphatic hydroxyl groups excluding tert-OH is 1. The van der Waals surface area contributed by atoms with Gasteiger partial charge in [-0.15, -0.1) is 0 Å². The zero-order valence-electron chi connectivity index (χ0n) is 6.36. The van der Waals surface area contributed by atoms with Gasteiger partial charge in [0.05, 0.1) is 5.56 Å². The van der Waals surface area contributed by atoms with Gasteiger partial charge in [0.2, 0.25) is 5.82 Å². The Morgan fingerprint density at radius 2 is 0.929 bits per heavy atom. The van der Waals surface area contributed by atoms with Gasteiger partial charge in [0.25, 0.3) is 0 Å². The second kappa shape index (κ2) is 3.50. The highest BCUT2D eigenvalue weighted by atomic mass is 19.2. The second-order valence-corrected chi connectivity index (χ2v) is 2.36. The van der Waals surface area contributed by atoms with Gasteiger partial charge in [0, 0.05) is 0 Å². The average Bonchev–Trinajstić information content (AvgIpc) is 2.11. The number of hydrogen-bond acceptors (Lipinski definition) is 2. The fourth-order valence-electron chi connectivity index (χ4n) is 0.849. The molecule has 78 valence electrons. The summed E-state index contributed by atoms with van der Waals surface area (Å²) in [6.07, 6.45) is -2.76. The molecule has 0 aromatic heterocycles. The van der Waals surface area contributed by atoms with E-state index in [1.807, 2.05) is 0 Å². The molecule has 0 spiro atoms. The predicted molar refractivity (Wildman–Crippen MR) is 33.4 cm³/mol. The summed E-state index contributed by atoms with van der Waals surface area (Å²) < 4.78 is 62.4. The van der Waals surface area contributed by atoms with Gasteiger partial charge < -0.3 is 10.2 Å². The minimum Gasteiger partial charge on any atom is -0.364 e. The molecule has 0 atom stereocenters. The lowest BCUT2D eigenvalue weighted by Gasteiger charge is -2.08. The van der Waals surface area contributed by atoms with Crippen LogP contribution in [0.4, 0.5) is 22.0 Å². The summed E-state index contributed by atoms with van der Waals surface area (Å²) in [5.74, 6) is -11.3. The maximum Gasteiger partial charge on any atom is 0.200 e. The summed E-state index contributed by atoms with van der Waals surface area (Å²) in [4.78, 5) is 0. The largest absolute Gasteiger partial charge is 0.364 e. The van der Waals surface area contributed by atoms with Gasteiger partial charge in [0.1, 0.15) is 0 Å². The summed E-state index contributed by atoms with van der Waals surface area (Å²) in [5, 5.41) is 16.7. The Labute approximate surface area is 74.2 Å². The van der Waals surface area contributed by atoms with Crippen LogP contribution in [0.2, 0.25) is 0 Å². The van der Waals surface area contributed by atoms with Crippen LogP contribution in [0.5, 0.6) is 0 Å². The molecule has 14 heavy (non-hydrogen) atoms. The van der Waals surface area contributed by atoms with E-state index >= 15 is 0 Å². The molecule has 0 fully saturated rings. The first-order valence-electron chi connectivity index (χ1n) is 3.25. The number of aliphatic hydroxyl groups is 2. The van der Waals surface area contributed by atoms with Gasteiger partial charge in [-0.3, -0.25) is 0 Å². The third-order valence-electron chi connectivity index (χ3n) is 1.50. The highest BCUT2D eigenvalue weighted by Crippen LogP contribution is 2.26. The minimum atomic E-state index is -2.76. The molecule has 0 aliphatic heterocycles. The Morgan fingerprint density at radius 3 is 1.21 bits per heavy atom. The van der Waals surface area contributed by atoms with E-state index in [4.69, 9.17) is 10.2 Å². The molecule has 1 aromatic rings. The summed E-state index contributed by atoms with van der Waals surface area (Å²) >= 11 is 0. The Balaban J connectivity index is 3.60. The standard InChI is InChI=1S/C7H3F5O2/c8-2-1(7(13)14)3(9)5(11)6(12)4(2)10/h7,13-14H. The molecule has 0 aliphatic rings. The first-order valence-corrected chi connectivity index (χ1v) is 3.25. The Hall–Kier alpha value is -1.21. The van der Waals surface area contributed by atoms with Gasteiger partial charge in [-0.25, -0.2) is 22.0 Å². The van der Waals surface area contributed by atoms with Crippen molar-refractivity contribution in [1.82, 2.24) is 0 Å². The van der Waals surface area contributed by atoms with E-state index < -0.39 is 40.9 Å². The van der Waals surface area contributed by atoms with E-state index in [1.54, 1.807) is 0 Å². The summed E-state index contributed by atoms with van der Waals surface area (Å²) in [7, 11) is 0. The van der Waals surface area contributed by atoms with Crippen LogP contribution in [0.15, 0.2) is 0 Å². The lowest BCUT2D eigenvalue weighted by Crippen LogP contribution is -2.10. The van der Waals surface area contributed by atoms with E-state index in [-0.39, 0.29) is 0 Å². The zero-order valence-corrected chi connectivity index (χ0v) is 6.36. The molecule has 7 heteroatoms. The highest BCUT2D eigenvalue weighted by molar-refractivity contribution is 5.24. The van der Waals surface area contributed by atoms with E-state index in [9.17, 15) is 22.0 Å². The first kappa shape index (κ1) is 10.9. The van der Waals surface area contributed by atoms with Crippen molar-refractivity contribution < 1.29 is 32.2 Å². The molecule has 0 aliphatic carbocycles. The number of hydrogen-bond donors (Lipinski definition) is 2. The third-order valence-corrected chi connectivity index (χ3v) is 1.50. The fraction of sp³-hybridized carbons (Fsp3) is 0.143. The van der Waals surface area contributed by atoms with Crippen molar-refractivity contribution in [2.45, 2.75) is 6.29 Å². The van der Waals surface area contributed by atoms with Crippen LogP contribution in [-0.4, -0.2) is 10.2 Å². The first-order chi connectivity index (χ1) is 6.37. The number of benzene rings is 1. The van der Waals surface area contributed by atoms with Crippen molar-refractivity contribution in [3.63, 3.8) is 0 Å². The third kappa shape index (κ3) is 1.44. The van der Waals surface area contributed by atoms with E-state index in [0.29, 0.717) is 0 Å². The normalized spacial score (nSPS) is 11.1. The van der Waals surface area contributed by atoms with Crippen LogP contribution in [0.1, 0.15) is 11.9 Å². The lowest BCUT2D eigenvalue weighted by molar-refractivity contribution is -0.0486. The second-order valence-electron chi connectivity index (χ2n) is 2.36. The zero-order chi connectivity index (χ0) is 11.0. The molecule has 0 saturated carbocycles. The molecule has 0 amide bonds. The van der Waals surface area contributed by atoms with Crippen molar-refractivity contribution in [2.24, 2.45) is 0 Å². The SMILES string of the molecule is OC(O)c1c(F)c(F)c(F)c(F)c1F. The number of rotatable bonds is 1. The number of halogens is 5. The van der Waals surface area contributed by atoms with Gasteiger partial charge in [-0.05, 0) is 0 Å². The maximum absolute atomic E-state index is 12.6. The van der Waals surface area contributed by atoms with Crippen LogP contribution in [-0.2, 0) is 0 Å². The Kier molecular flexibility index (Phi) is 2.72. The molecule has 0 saturated heterocycles. The molecule has 0 bridgehead atoms. The molecule has 0 radical (unpaired) electrons. The molecule has 1 rings (SSSR count). The van der Waals surface area contributed by atoms with Gasteiger partial charge in [-0.1, -0.05) is 0 Å². The van der Waals surface area contributed by atoms with Crippen LogP contribution in [0.25, 0.3) is 0 Å². The molecule has 2 N–H and O–H groups in total. The van der Waals surface area contributed by atoms with E-state index in [0.717, 1.165) is 0 Å². The van der Waals surface area contributed by atoms with E-state index in [2.05, 4.69) is 0 Å². The smallest absolute Gasteiger partial charge is 0.200 e. The Bertz CT molecular complexity index is 348. The predicted octanol–water partition coefficient (Wildman–Crippen LogP) is 1.37. The van der Waals surface area contributed by atoms with Gasteiger partial charge >= 0.3 is 0 Å². The quantitative estimate of drug-likeness (QED) is 0.321. The maximum atomic E-state index is 12.6. The van der Waals surface area contributed by atoms with Crippen LogP contribution in [0, 0.1) is 29.1 Å². The van der Waals surface area contributed by atoms with Gasteiger partial charge in [-0.2, -0.15) is 0 Å². The monoisotopic (exact) mass is 214 g/mol. The Morgan fingerprint density at radius 1 is 0.643 bits per heavy atom. The van der Waals surface area contributed by atoms with Gasteiger partial charge in [0.15, 0.2) is 29.6 Å². The highest BCUT2D eigenvalue weighted by Gasteiger charge is 2.28. The minimum absolute atomic E-state index is 1.67. The molecule has 2 nitrogen and oxygen atoms in total. The van der Waals surface area contributed by atoms with Crippen LogP contribution >= 0.6 is 0 Å². The topological polar surface area (TPSA) is 40.5 Å². The fourth-order valence-corrected chi connectivity index (χ4v) is 0.849. The summed E-state index contributed by atoms with van der Waals surface area (Å²) in [5.41, 5.74) is -1.67. The van der Waals surface area contributed by atoms with Crippen molar-refractivity contribution in [3.05, 3.63) is 34.6 Å². The average molecular weight is 214 g/mol. The van der Waals surface area contributed by atoms with Crippen molar-refractivity contribution in [1.29, 1.82) is 0 Å².